The van der Waals surface area contributed by atoms with Gasteiger partial charge in [-0.2, -0.15) is 0 Å². The predicted octanol–water partition coefficient (Wildman–Crippen LogP) is 0.940. The van der Waals surface area contributed by atoms with Crippen LogP contribution in [0, 0.1) is 0 Å². The average Bonchev–Trinajstić information content (AvgIpc) is 1.69. The standard InChI is InChI=1S/C3H4IN3/c5-3-1-4-7-2-6-3/h1-2H,(H2,5,6,7). The minimum Gasteiger partial charge on any atom is -0.383 e. The molecule has 0 saturated heterocycles. The maximum absolute atomic E-state index is 5.27. The molecule has 0 unspecified atom stereocenters. The van der Waals surface area contributed by atoms with Crippen molar-refractivity contribution in [2.24, 2.45) is 13.9 Å². The van der Waals surface area contributed by atoms with E-state index in [1.54, 1.807) is 0 Å². The molecule has 0 aliphatic carbocycles. The molecule has 1 aliphatic rings. The Balaban J connectivity index is 2.82. The third kappa shape index (κ3) is 1.34. The molecule has 0 aromatic rings. The van der Waals surface area contributed by atoms with Gasteiger partial charge in [-0.1, -0.05) is 0 Å². The first-order chi connectivity index (χ1) is 3.39. The van der Waals surface area contributed by atoms with Gasteiger partial charge < -0.3 is 5.73 Å². The summed E-state index contributed by atoms with van der Waals surface area (Å²) in [5.41, 5.74) is 5.27. The van der Waals surface area contributed by atoms with E-state index >= 15 is 0 Å². The van der Waals surface area contributed by atoms with Gasteiger partial charge >= 0.3 is 0 Å². The number of nitrogens with zero attached hydrogens (tertiary/aromatic N) is 2. The van der Waals surface area contributed by atoms with Crippen molar-refractivity contribution >= 4 is 27.4 Å². The number of halogens is 1. The number of aliphatic imine (C=N–C) groups is 1. The van der Waals surface area contributed by atoms with Gasteiger partial charge in [-0.15, -0.1) is 0 Å². The molecule has 4 heteroatoms. The molecule has 0 aromatic carbocycles. The van der Waals surface area contributed by atoms with Gasteiger partial charge in [-0.05, 0) is 0 Å². The number of nitrogens with two attached hydrogens (primary N) is 1. The normalized spacial score (nSPS) is 18.0. The Hall–Kier alpha value is -0.260. The molecule has 0 atom stereocenters. The van der Waals surface area contributed by atoms with Gasteiger partial charge in [-0.3, -0.25) is 0 Å². The minimum atomic E-state index is -0.137. The van der Waals surface area contributed by atoms with Crippen molar-refractivity contribution in [2.45, 2.75) is 0 Å². The first kappa shape index (κ1) is 4.89. The average molecular weight is 209 g/mol. The van der Waals surface area contributed by atoms with Crippen molar-refractivity contribution in [3.05, 3.63) is 9.90 Å². The maximum atomic E-state index is 5.27. The van der Waals surface area contributed by atoms with Crippen LogP contribution in [0.3, 0.4) is 0 Å². The molecule has 38 valence electrons. The zero-order valence-electron chi connectivity index (χ0n) is 3.50. The summed E-state index contributed by atoms with van der Waals surface area (Å²) in [5.74, 6) is 0.614. The van der Waals surface area contributed by atoms with E-state index in [2.05, 4.69) is 8.14 Å². The summed E-state index contributed by atoms with van der Waals surface area (Å²) in [7, 11) is 0. The van der Waals surface area contributed by atoms with Crippen LogP contribution in [-0.2, 0) is 0 Å². The number of hydrogen-bond acceptors (Lipinski definition) is 3. The summed E-state index contributed by atoms with van der Waals surface area (Å²) in [6.45, 7) is 0. The summed E-state index contributed by atoms with van der Waals surface area (Å²) in [5, 5.41) is 0. The lowest BCUT2D eigenvalue weighted by Crippen LogP contribution is -1.91. The third-order valence-corrected chi connectivity index (χ3v) is 1.95. The van der Waals surface area contributed by atoms with Crippen molar-refractivity contribution < 1.29 is 0 Å². The fraction of sp³-hybridized carbons (Fsp3) is 0. The van der Waals surface area contributed by atoms with E-state index in [1.165, 1.54) is 6.34 Å². The smallest absolute Gasteiger partial charge is 0.132 e. The Morgan fingerprint density at radius 1 is 1.71 bits per heavy atom. The van der Waals surface area contributed by atoms with Crippen molar-refractivity contribution in [1.82, 2.24) is 0 Å². The monoisotopic (exact) mass is 209 g/mol. The van der Waals surface area contributed by atoms with E-state index in [0.29, 0.717) is 5.82 Å². The van der Waals surface area contributed by atoms with Crippen LogP contribution in [0.5, 0.6) is 0 Å². The molecule has 0 radical (unpaired) electrons. The lowest BCUT2D eigenvalue weighted by atomic mass is 10.9. The van der Waals surface area contributed by atoms with Crippen LogP contribution >= 0.6 is 21.0 Å². The molecule has 0 saturated carbocycles. The van der Waals surface area contributed by atoms with E-state index in [4.69, 9.17) is 5.73 Å². The fourth-order valence-electron chi connectivity index (χ4n) is 0.220. The highest BCUT2D eigenvalue weighted by Gasteiger charge is 1.82. The van der Waals surface area contributed by atoms with Crippen molar-refractivity contribution in [2.75, 3.05) is 0 Å². The molecule has 1 rings (SSSR count). The lowest BCUT2D eigenvalue weighted by Gasteiger charge is -1.88. The molecule has 3 nitrogen and oxygen atoms in total. The Morgan fingerprint density at radius 2 is 2.57 bits per heavy atom. The van der Waals surface area contributed by atoms with E-state index < -0.39 is 0 Å². The quantitative estimate of drug-likeness (QED) is 0.593. The van der Waals surface area contributed by atoms with E-state index in [-0.39, 0.29) is 21.0 Å². The molecule has 1 heterocycles. The molecule has 0 aromatic heterocycles. The first-order valence-corrected chi connectivity index (χ1v) is 3.92. The topological polar surface area (TPSA) is 50.7 Å². The van der Waals surface area contributed by atoms with E-state index in [9.17, 15) is 0 Å². The van der Waals surface area contributed by atoms with Gasteiger partial charge in [0, 0.05) is 25.1 Å². The molecule has 0 amide bonds. The Labute approximate surface area is 51.5 Å². The minimum absolute atomic E-state index is 0.137. The van der Waals surface area contributed by atoms with Gasteiger partial charge in [0.15, 0.2) is 0 Å². The van der Waals surface area contributed by atoms with Gasteiger partial charge in [0.25, 0.3) is 0 Å². The molecular formula is C3H4IN3. The van der Waals surface area contributed by atoms with Crippen LogP contribution in [-0.4, -0.2) is 6.34 Å². The van der Waals surface area contributed by atoms with E-state index in [0.717, 1.165) is 0 Å². The zero-order valence-corrected chi connectivity index (χ0v) is 5.66. The van der Waals surface area contributed by atoms with Gasteiger partial charge in [0.2, 0.25) is 0 Å². The second-order valence-corrected chi connectivity index (χ2v) is 2.71. The molecule has 7 heavy (non-hydrogen) atoms. The highest BCUT2D eigenvalue weighted by atomic mass is 127. The number of rotatable bonds is 0. The third-order valence-electron chi connectivity index (χ3n) is 0.467. The maximum Gasteiger partial charge on any atom is 0.132 e. The predicted molar refractivity (Wildman–Crippen MR) is 37.2 cm³/mol. The molecule has 0 spiro atoms. The summed E-state index contributed by atoms with van der Waals surface area (Å²) in [6.07, 6.45) is 1.52. The van der Waals surface area contributed by atoms with Crippen LogP contribution in [0.25, 0.3) is 0 Å². The Kier molecular flexibility index (Phi) is 1.50. The van der Waals surface area contributed by atoms with Crippen molar-refractivity contribution in [3.8, 4) is 0 Å². The highest BCUT2D eigenvalue weighted by Crippen LogP contribution is 2.07. The van der Waals surface area contributed by atoms with Gasteiger partial charge in [0.05, 0.1) is 0 Å². The van der Waals surface area contributed by atoms with Gasteiger partial charge in [-0.25, -0.2) is 8.14 Å². The van der Waals surface area contributed by atoms with Gasteiger partial charge in [0.1, 0.15) is 12.2 Å². The fourth-order valence-corrected chi connectivity index (χ4v) is 1.10. The summed E-state index contributed by atoms with van der Waals surface area (Å²) >= 11 is -0.137. The second kappa shape index (κ2) is 2.15. The zero-order chi connectivity index (χ0) is 5.11. The lowest BCUT2D eigenvalue weighted by molar-refractivity contribution is 1.26. The molecular weight excluding hydrogens is 205 g/mol. The van der Waals surface area contributed by atoms with Crippen LogP contribution in [0.4, 0.5) is 0 Å². The summed E-state index contributed by atoms with van der Waals surface area (Å²) in [4.78, 5) is 3.70. The first-order valence-electron chi connectivity index (χ1n) is 1.70. The van der Waals surface area contributed by atoms with Crippen LogP contribution in [0.2, 0.25) is 0 Å². The van der Waals surface area contributed by atoms with Crippen LogP contribution in [0.1, 0.15) is 0 Å². The number of hydrogen-bond donors (Lipinski definition) is 1. The summed E-state index contributed by atoms with van der Waals surface area (Å²) in [6, 6.07) is 0. The van der Waals surface area contributed by atoms with Crippen LogP contribution < -0.4 is 5.73 Å². The Morgan fingerprint density at radius 3 is 2.86 bits per heavy atom. The SMILES string of the molecule is NC1=CI=NC=N1. The highest BCUT2D eigenvalue weighted by molar-refractivity contribution is 14.2. The van der Waals surface area contributed by atoms with Crippen molar-refractivity contribution in [1.29, 1.82) is 0 Å². The molecule has 0 fully saturated rings. The molecule has 2 N–H and O–H groups in total. The molecule has 0 bridgehead atoms. The van der Waals surface area contributed by atoms with E-state index in [1.807, 2.05) is 4.08 Å². The van der Waals surface area contributed by atoms with Crippen molar-refractivity contribution in [3.63, 3.8) is 0 Å². The largest absolute Gasteiger partial charge is 0.383 e. The van der Waals surface area contributed by atoms with Crippen LogP contribution in [0.15, 0.2) is 18.0 Å². The second-order valence-electron chi connectivity index (χ2n) is 0.974. The molecule has 1 aliphatic heterocycles. The summed E-state index contributed by atoms with van der Waals surface area (Å²) < 4.78 is 5.76. The Bertz CT molecular complexity index is 146.